The normalized spacial score (nSPS) is 22.8. The van der Waals surface area contributed by atoms with Gasteiger partial charge < -0.3 is 15.7 Å². The van der Waals surface area contributed by atoms with Crippen molar-refractivity contribution in [1.29, 1.82) is 0 Å². The van der Waals surface area contributed by atoms with Crippen LogP contribution in [-0.4, -0.2) is 60.0 Å². The lowest BCUT2D eigenvalue weighted by molar-refractivity contribution is -0.121. The van der Waals surface area contributed by atoms with Crippen LogP contribution in [0.2, 0.25) is 0 Å². The predicted molar refractivity (Wildman–Crippen MR) is 89.5 cm³/mol. The van der Waals surface area contributed by atoms with Crippen LogP contribution in [0.4, 0.5) is 0 Å². The number of benzene rings is 1. The topological polar surface area (TPSA) is 98.7 Å². The van der Waals surface area contributed by atoms with E-state index in [1.54, 1.807) is 18.2 Å². The van der Waals surface area contributed by atoms with Gasteiger partial charge in [0.1, 0.15) is 0 Å². The summed E-state index contributed by atoms with van der Waals surface area (Å²) in [6.07, 6.45) is -0.414. The summed E-state index contributed by atoms with van der Waals surface area (Å²) in [4.78, 5) is 37.6. The molecule has 2 atom stereocenters. The van der Waals surface area contributed by atoms with Gasteiger partial charge in [-0.05, 0) is 18.2 Å². The van der Waals surface area contributed by atoms with Gasteiger partial charge in [0.15, 0.2) is 0 Å². The van der Waals surface area contributed by atoms with Gasteiger partial charge in [-0.2, -0.15) is 0 Å². The average molecular weight is 396 g/mol. The number of rotatable bonds is 5. The summed E-state index contributed by atoms with van der Waals surface area (Å²) in [5.74, 6) is -0.998. The van der Waals surface area contributed by atoms with Crippen molar-refractivity contribution in [2.75, 3.05) is 26.2 Å². The Balaban J connectivity index is 1.53. The van der Waals surface area contributed by atoms with E-state index < -0.39 is 6.10 Å². The highest BCUT2D eigenvalue weighted by Gasteiger charge is 2.35. The molecule has 2 aliphatic heterocycles. The maximum atomic E-state index is 12.3. The molecule has 0 aromatic heterocycles. The molecule has 24 heavy (non-hydrogen) atoms. The fourth-order valence-corrected chi connectivity index (χ4v) is 3.30. The van der Waals surface area contributed by atoms with Crippen LogP contribution >= 0.6 is 15.9 Å². The first-order valence-electron chi connectivity index (χ1n) is 7.78. The highest BCUT2D eigenvalue weighted by Crippen LogP contribution is 2.26. The van der Waals surface area contributed by atoms with E-state index in [9.17, 15) is 19.5 Å². The van der Waals surface area contributed by atoms with Crippen LogP contribution in [0.3, 0.4) is 0 Å². The van der Waals surface area contributed by atoms with Crippen molar-refractivity contribution in [2.24, 2.45) is 5.92 Å². The van der Waals surface area contributed by atoms with Gasteiger partial charge in [0.25, 0.3) is 11.8 Å². The van der Waals surface area contributed by atoms with Crippen LogP contribution in [0.1, 0.15) is 27.1 Å². The van der Waals surface area contributed by atoms with E-state index in [0.717, 1.165) is 9.37 Å². The number of carbonyl (C=O) groups is 3. The summed E-state index contributed by atoms with van der Waals surface area (Å²) in [5, 5.41) is 15.5. The second-order valence-electron chi connectivity index (χ2n) is 5.99. The monoisotopic (exact) mass is 395 g/mol. The lowest BCUT2D eigenvalue weighted by Crippen LogP contribution is -2.37. The third kappa shape index (κ3) is 3.35. The lowest BCUT2D eigenvalue weighted by Gasteiger charge is -2.16. The van der Waals surface area contributed by atoms with E-state index in [0.29, 0.717) is 30.8 Å². The Hall–Kier alpha value is -1.77. The summed E-state index contributed by atoms with van der Waals surface area (Å²) < 4.78 is 0.728. The first-order chi connectivity index (χ1) is 11.5. The van der Waals surface area contributed by atoms with Crippen LogP contribution in [0.25, 0.3) is 0 Å². The summed E-state index contributed by atoms with van der Waals surface area (Å²) >= 11 is 3.28. The van der Waals surface area contributed by atoms with Crippen molar-refractivity contribution in [1.82, 2.24) is 15.5 Å². The van der Waals surface area contributed by atoms with E-state index in [4.69, 9.17) is 0 Å². The van der Waals surface area contributed by atoms with Crippen LogP contribution in [-0.2, 0) is 4.79 Å². The molecule has 0 saturated carbocycles. The van der Waals surface area contributed by atoms with Crippen molar-refractivity contribution in [3.8, 4) is 0 Å². The van der Waals surface area contributed by atoms with Gasteiger partial charge in [0.2, 0.25) is 5.91 Å². The van der Waals surface area contributed by atoms with E-state index in [1.807, 2.05) is 0 Å². The fourth-order valence-electron chi connectivity index (χ4n) is 2.94. The number of aliphatic hydroxyl groups excluding tert-OH is 1. The van der Waals surface area contributed by atoms with E-state index in [2.05, 4.69) is 26.6 Å². The minimum Gasteiger partial charge on any atom is -0.391 e. The van der Waals surface area contributed by atoms with Crippen molar-refractivity contribution in [3.05, 3.63) is 33.8 Å². The maximum absolute atomic E-state index is 12.3. The minimum absolute atomic E-state index is 0.00870. The third-order valence-corrected chi connectivity index (χ3v) is 4.85. The molecule has 3 rings (SSSR count). The Labute approximate surface area is 147 Å². The number of nitrogens with zero attached hydrogens (tertiary/aromatic N) is 1. The predicted octanol–water partition coefficient (Wildman–Crippen LogP) is 0.132. The lowest BCUT2D eigenvalue weighted by atomic mass is 10.1. The molecular weight excluding hydrogens is 378 g/mol. The molecule has 1 saturated heterocycles. The summed E-state index contributed by atoms with van der Waals surface area (Å²) in [6.45, 7) is 1.61. The molecule has 1 aromatic carbocycles. The first-order valence-corrected chi connectivity index (χ1v) is 8.58. The standard InChI is InChI=1S/C16H18BrN3O4/c17-10-1-2-11-12(5-10)16(24)20(15(11)23)4-3-14(22)19-7-9-6-18-8-13(9)21/h1-2,5,9,13,18,21H,3-4,6-8H2,(H,19,22). The number of imide groups is 1. The van der Waals surface area contributed by atoms with E-state index >= 15 is 0 Å². The smallest absolute Gasteiger partial charge is 0.261 e. The Bertz CT molecular complexity index is 694. The van der Waals surface area contributed by atoms with Gasteiger partial charge >= 0.3 is 0 Å². The Kier molecular flexibility index (Phi) is 4.98. The highest BCUT2D eigenvalue weighted by atomic mass is 79.9. The van der Waals surface area contributed by atoms with Gasteiger partial charge in [-0.1, -0.05) is 15.9 Å². The summed E-state index contributed by atoms with van der Waals surface area (Å²) in [6, 6.07) is 4.93. The molecule has 2 aliphatic rings. The van der Waals surface area contributed by atoms with Gasteiger partial charge in [-0.3, -0.25) is 19.3 Å². The molecule has 0 aliphatic carbocycles. The minimum atomic E-state index is -0.458. The number of carbonyl (C=O) groups excluding carboxylic acids is 3. The molecule has 0 radical (unpaired) electrons. The molecule has 0 spiro atoms. The number of amides is 3. The Morgan fingerprint density at radius 1 is 1.29 bits per heavy atom. The molecule has 8 heteroatoms. The third-order valence-electron chi connectivity index (χ3n) is 4.36. The quantitative estimate of drug-likeness (QED) is 0.615. The van der Waals surface area contributed by atoms with E-state index in [-0.39, 0.29) is 36.6 Å². The second kappa shape index (κ2) is 7.00. The zero-order valence-corrected chi connectivity index (χ0v) is 14.5. The number of hydrogen-bond donors (Lipinski definition) is 3. The molecule has 3 amide bonds. The zero-order valence-electron chi connectivity index (χ0n) is 12.9. The Morgan fingerprint density at radius 3 is 2.75 bits per heavy atom. The van der Waals surface area contributed by atoms with E-state index in [1.165, 1.54) is 0 Å². The largest absolute Gasteiger partial charge is 0.391 e. The number of aliphatic hydroxyl groups is 1. The fraction of sp³-hybridized carbons (Fsp3) is 0.438. The van der Waals surface area contributed by atoms with Crippen molar-refractivity contribution in [3.63, 3.8) is 0 Å². The number of fused-ring (bicyclic) bond motifs is 1. The van der Waals surface area contributed by atoms with Crippen molar-refractivity contribution < 1.29 is 19.5 Å². The number of halogens is 1. The summed E-state index contributed by atoms with van der Waals surface area (Å²) in [7, 11) is 0. The first kappa shape index (κ1) is 17.1. The highest BCUT2D eigenvalue weighted by molar-refractivity contribution is 9.10. The second-order valence-corrected chi connectivity index (χ2v) is 6.91. The Morgan fingerprint density at radius 2 is 2.04 bits per heavy atom. The summed E-state index contributed by atoms with van der Waals surface area (Å²) in [5.41, 5.74) is 0.721. The molecule has 1 fully saturated rings. The molecule has 2 unspecified atom stereocenters. The maximum Gasteiger partial charge on any atom is 0.261 e. The van der Waals surface area contributed by atoms with Crippen LogP contribution in [0, 0.1) is 5.92 Å². The molecule has 7 nitrogen and oxygen atoms in total. The number of hydrogen-bond acceptors (Lipinski definition) is 5. The van der Waals surface area contributed by atoms with Crippen LogP contribution in [0.15, 0.2) is 22.7 Å². The number of nitrogens with one attached hydrogen (secondary N) is 2. The van der Waals surface area contributed by atoms with Crippen molar-refractivity contribution >= 4 is 33.7 Å². The molecule has 128 valence electrons. The van der Waals surface area contributed by atoms with Gasteiger partial charge in [-0.25, -0.2) is 0 Å². The van der Waals surface area contributed by atoms with Gasteiger partial charge in [-0.15, -0.1) is 0 Å². The zero-order chi connectivity index (χ0) is 17.3. The van der Waals surface area contributed by atoms with Crippen LogP contribution < -0.4 is 10.6 Å². The molecular formula is C16H18BrN3O4. The number of β-amino-alcohol motifs (C(OH)–C–C–N with tert-alkyl or cyclic N) is 1. The van der Waals surface area contributed by atoms with Crippen LogP contribution in [0.5, 0.6) is 0 Å². The van der Waals surface area contributed by atoms with Crippen molar-refractivity contribution in [2.45, 2.75) is 12.5 Å². The molecule has 1 aromatic rings. The molecule has 2 heterocycles. The average Bonchev–Trinajstić information content (AvgIpc) is 3.06. The van der Waals surface area contributed by atoms with Gasteiger partial charge in [0, 0.05) is 43.0 Å². The molecule has 3 N–H and O–H groups in total. The SMILES string of the molecule is O=C(CCN1C(=O)c2ccc(Br)cc2C1=O)NCC1CNCC1O. The molecule has 0 bridgehead atoms. The van der Waals surface area contributed by atoms with Gasteiger partial charge in [0.05, 0.1) is 17.2 Å².